The molecular formula is C13H13N2O2+. The Bertz CT molecular complexity index is 535. The van der Waals surface area contributed by atoms with Crippen molar-refractivity contribution in [3.63, 3.8) is 0 Å². The first-order chi connectivity index (χ1) is 8.16. The van der Waals surface area contributed by atoms with Crippen molar-refractivity contribution in [1.29, 1.82) is 0 Å². The Morgan fingerprint density at radius 2 is 1.71 bits per heavy atom. The summed E-state index contributed by atoms with van der Waals surface area (Å²) in [6.07, 6.45) is 0. The summed E-state index contributed by atoms with van der Waals surface area (Å²) in [6, 6.07) is 13.4. The van der Waals surface area contributed by atoms with E-state index in [4.69, 9.17) is 5.11 Å². The minimum Gasteiger partial charge on any atom is -0.508 e. The lowest BCUT2D eigenvalue weighted by Crippen LogP contribution is -2.42. The number of quaternary nitrogens is 1. The standard InChI is InChI=1S/C13H12N2O2/c14-12-4-2-1-3-11(12)13(17)15-9-5-7-10(16)8-6-9/h1-8,16H,14H2,(H,15,17)/p+1. The number of aromatic hydroxyl groups is 1. The number of benzene rings is 2. The van der Waals surface area contributed by atoms with E-state index >= 15 is 0 Å². The zero-order valence-corrected chi connectivity index (χ0v) is 9.18. The number of phenols is 1. The van der Waals surface area contributed by atoms with Crippen LogP contribution in [0.15, 0.2) is 48.5 Å². The first kappa shape index (κ1) is 11.2. The Hall–Kier alpha value is -2.33. The molecule has 4 nitrogen and oxygen atoms in total. The number of hydrogen-bond acceptors (Lipinski definition) is 2. The van der Waals surface area contributed by atoms with Gasteiger partial charge in [0, 0.05) is 5.69 Å². The highest BCUT2D eigenvalue weighted by atomic mass is 16.3. The lowest BCUT2D eigenvalue weighted by Gasteiger charge is -2.05. The third kappa shape index (κ3) is 2.62. The Labute approximate surface area is 98.7 Å². The quantitative estimate of drug-likeness (QED) is 0.683. The highest BCUT2D eigenvalue weighted by Crippen LogP contribution is 2.16. The lowest BCUT2D eigenvalue weighted by molar-refractivity contribution is -0.255. The predicted molar refractivity (Wildman–Crippen MR) is 65.1 cm³/mol. The molecule has 0 unspecified atom stereocenters. The largest absolute Gasteiger partial charge is 0.508 e. The summed E-state index contributed by atoms with van der Waals surface area (Å²) in [6.45, 7) is 0. The van der Waals surface area contributed by atoms with E-state index in [0.29, 0.717) is 16.9 Å². The normalized spacial score (nSPS) is 9.94. The van der Waals surface area contributed by atoms with Gasteiger partial charge < -0.3 is 16.2 Å². The van der Waals surface area contributed by atoms with E-state index in [2.05, 4.69) is 11.1 Å². The molecule has 0 aliphatic carbocycles. The van der Waals surface area contributed by atoms with Crippen molar-refractivity contribution >= 4 is 17.3 Å². The second kappa shape index (κ2) is 4.67. The molecule has 0 aromatic heterocycles. The molecule has 0 heterocycles. The zero-order chi connectivity index (χ0) is 12.3. The topological polar surface area (TPSA) is 77.0 Å². The van der Waals surface area contributed by atoms with Crippen molar-refractivity contribution in [2.45, 2.75) is 0 Å². The average Bonchev–Trinajstić information content (AvgIpc) is 2.32. The van der Waals surface area contributed by atoms with Gasteiger partial charge in [-0.2, -0.15) is 0 Å². The summed E-state index contributed by atoms with van der Waals surface area (Å²) >= 11 is 0. The van der Waals surface area contributed by atoms with Gasteiger partial charge in [-0.3, -0.25) is 4.79 Å². The number of phenolic OH excluding ortho intramolecular Hbond substituents is 1. The maximum atomic E-state index is 11.9. The van der Waals surface area contributed by atoms with Crippen LogP contribution in [0.1, 0.15) is 10.4 Å². The molecule has 0 radical (unpaired) electrons. The van der Waals surface area contributed by atoms with Crippen LogP contribution in [0.2, 0.25) is 0 Å². The molecule has 1 amide bonds. The van der Waals surface area contributed by atoms with Crippen molar-refractivity contribution in [1.82, 2.24) is 0 Å². The summed E-state index contributed by atoms with van der Waals surface area (Å²) in [4.78, 5) is 11.9. The van der Waals surface area contributed by atoms with Gasteiger partial charge in [0.2, 0.25) is 0 Å². The van der Waals surface area contributed by atoms with Gasteiger partial charge in [0.05, 0.1) is 0 Å². The van der Waals surface area contributed by atoms with Crippen LogP contribution in [0, 0.1) is 0 Å². The summed E-state index contributed by atoms with van der Waals surface area (Å²) in [5, 5.41) is 11.9. The molecule has 0 saturated carbocycles. The summed E-state index contributed by atoms with van der Waals surface area (Å²) < 4.78 is 0. The molecule has 2 aromatic carbocycles. The Kier molecular flexibility index (Phi) is 3.07. The fraction of sp³-hybridized carbons (Fsp3) is 0. The molecule has 2 rings (SSSR count). The molecule has 2 aromatic rings. The van der Waals surface area contributed by atoms with Gasteiger partial charge in [-0.05, 0) is 36.4 Å². The van der Waals surface area contributed by atoms with Crippen LogP contribution in [0.25, 0.3) is 0 Å². The smallest absolute Gasteiger partial charge is 0.261 e. The molecule has 17 heavy (non-hydrogen) atoms. The Morgan fingerprint density at radius 1 is 1.06 bits per heavy atom. The number of nitrogens with one attached hydrogen (secondary N) is 1. The van der Waals surface area contributed by atoms with Gasteiger partial charge in [0.15, 0.2) is 0 Å². The third-order valence-electron chi connectivity index (χ3n) is 2.39. The number of hydrogen-bond donors (Lipinski definition) is 3. The van der Waals surface area contributed by atoms with Crippen molar-refractivity contribution in [2.75, 3.05) is 5.32 Å². The summed E-state index contributed by atoms with van der Waals surface area (Å²) in [5.41, 5.74) is 5.66. The van der Waals surface area contributed by atoms with E-state index in [1.807, 2.05) is 6.07 Å². The van der Waals surface area contributed by atoms with E-state index in [0.717, 1.165) is 0 Å². The second-order valence-corrected chi connectivity index (χ2v) is 3.66. The predicted octanol–water partition coefficient (Wildman–Crippen LogP) is 1.52. The number of carbonyl (C=O) groups excluding carboxylic acids is 1. The Morgan fingerprint density at radius 3 is 2.35 bits per heavy atom. The molecule has 4 heteroatoms. The highest BCUT2D eigenvalue weighted by Gasteiger charge is 2.11. The maximum Gasteiger partial charge on any atom is 0.261 e. The number of anilines is 1. The highest BCUT2D eigenvalue weighted by molar-refractivity contribution is 6.06. The molecule has 86 valence electrons. The SMILES string of the molecule is [NH3+]c1ccccc1C(=O)Nc1ccc(O)cc1. The second-order valence-electron chi connectivity index (χ2n) is 3.66. The zero-order valence-electron chi connectivity index (χ0n) is 9.18. The molecule has 5 N–H and O–H groups in total. The molecule has 0 spiro atoms. The van der Waals surface area contributed by atoms with Crippen molar-refractivity contribution in [3.8, 4) is 5.75 Å². The van der Waals surface area contributed by atoms with E-state index < -0.39 is 0 Å². The summed E-state index contributed by atoms with van der Waals surface area (Å²) in [7, 11) is 0. The molecule has 0 aliphatic rings. The van der Waals surface area contributed by atoms with Gasteiger partial charge in [0.25, 0.3) is 5.91 Å². The molecule has 0 atom stereocenters. The lowest BCUT2D eigenvalue weighted by atomic mass is 10.1. The fourth-order valence-corrected chi connectivity index (χ4v) is 1.49. The summed E-state index contributed by atoms with van der Waals surface area (Å²) in [5.74, 6) is -0.0400. The number of amides is 1. The fourth-order valence-electron chi connectivity index (χ4n) is 1.49. The minimum atomic E-state index is -0.207. The van der Waals surface area contributed by atoms with Gasteiger partial charge in [-0.25, -0.2) is 0 Å². The van der Waals surface area contributed by atoms with Gasteiger partial charge in [-0.1, -0.05) is 12.1 Å². The molecule has 0 fully saturated rings. The van der Waals surface area contributed by atoms with Crippen LogP contribution in [-0.4, -0.2) is 11.0 Å². The van der Waals surface area contributed by atoms with Crippen molar-refractivity contribution in [2.24, 2.45) is 0 Å². The molecular weight excluding hydrogens is 216 g/mol. The van der Waals surface area contributed by atoms with Crippen molar-refractivity contribution < 1.29 is 15.6 Å². The van der Waals surface area contributed by atoms with E-state index in [-0.39, 0.29) is 11.7 Å². The first-order valence-electron chi connectivity index (χ1n) is 5.18. The molecule has 0 bridgehead atoms. The van der Waals surface area contributed by atoms with Crippen LogP contribution < -0.4 is 11.1 Å². The van der Waals surface area contributed by atoms with Crippen LogP contribution >= 0.6 is 0 Å². The average molecular weight is 229 g/mol. The monoisotopic (exact) mass is 229 g/mol. The van der Waals surface area contributed by atoms with Crippen LogP contribution in [0.5, 0.6) is 5.75 Å². The van der Waals surface area contributed by atoms with Crippen LogP contribution in [0.3, 0.4) is 0 Å². The van der Waals surface area contributed by atoms with E-state index in [9.17, 15) is 4.79 Å². The van der Waals surface area contributed by atoms with Gasteiger partial charge in [-0.15, -0.1) is 0 Å². The van der Waals surface area contributed by atoms with Gasteiger partial charge >= 0.3 is 0 Å². The van der Waals surface area contributed by atoms with Gasteiger partial charge in [0.1, 0.15) is 17.0 Å². The van der Waals surface area contributed by atoms with Crippen LogP contribution in [0.4, 0.5) is 11.4 Å². The van der Waals surface area contributed by atoms with E-state index in [1.54, 1.807) is 30.3 Å². The Balaban J connectivity index is 2.17. The van der Waals surface area contributed by atoms with Crippen molar-refractivity contribution in [3.05, 3.63) is 54.1 Å². The first-order valence-corrected chi connectivity index (χ1v) is 5.18. The molecule has 0 aliphatic heterocycles. The number of rotatable bonds is 2. The number of carbonyl (C=O) groups is 1. The molecule has 0 saturated heterocycles. The van der Waals surface area contributed by atoms with E-state index in [1.165, 1.54) is 12.1 Å². The van der Waals surface area contributed by atoms with Crippen LogP contribution in [-0.2, 0) is 0 Å². The maximum absolute atomic E-state index is 11.9. The third-order valence-corrected chi connectivity index (χ3v) is 2.39. The minimum absolute atomic E-state index is 0.167.